The van der Waals surface area contributed by atoms with Gasteiger partial charge in [-0.1, -0.05) is 12.1 Å². The van der Waals surface area contributed by atoms with Crippen molar-refractivity contribution in [2.24, 2.45) is 7.05 Å². The summed E-state index contributed by atoms with van der Waals surface area (Å²) >= 11 is 0. The van der Waals surface area contributed by atoms with Gasteiger partial charge in [0, 0.05) is 12.4 Å². The summed E-state index contributed by atoms with van der Waals surface area (Å²) in [6.45, 7) is 0. The van der Waals surface area contributed by atoms with Crippen molar-refractivity contribution in [2.75, 3.05) is 7.11 Å². The second-order valence-electron chi connectivity index (χ2n) is 5.61. The maximum Gasteiger partial charge on any atom is 0.307 e. The number of rotatable bonds is 4. The zero-order valence-electron chi connectivity index (χ0n) is 13.9. The number of aryl methyl sites for hydroxylation is 1. The molecule has 3 heterocycles. The van der Waals surface area contributed by atoms with Crippen LogP contribution in [0.3, 0.4) is 0 Å². The number of ether oxygens (including phenoxy) is 1. The Balaban J connectivity index is 1.85. The van der Waals surface area contributed by atoms with Crippen molar-refractivity contribution < 1.29 is 9.42 Å². The van der Waals surface area contributed by atoms with Crippen molar-refractivity contribution >= 4 is 23.1 Å². The van der Waals surface area contributed by atoms with Crippen molar-refractivity contribution in [3.8, 4) is 17.1 Å². The number of aromatic amines is 2. The first kappa shape index (κ1) is 15.1. The standard InChI is InChI=1S/C18H16N6O/c1-24-11-20-18(23-24)13-6-8-15-16(17(13)25-2)14(21-22-15)7-5-12-4-3-9-19-10-12/h3-11H,1-2H3,(H,21,22,23)/p+1. The van der Waals surface area contributed by atoms with Gasteiger partial charge in [-0.3, -0.25) is 10.1 Å². The highest BCUT2D eigenvalue weighted by atomic mass is 16.5. The van der Waals surface area contributed by atoms with E-state index < -0.39 is 0 Å². The van der Waals surface area contributed by atoms with E-state index in [0.29, 0.717) is 0 Å². The van der Waals surface area contributed by atoms with Crippen LogP contribution in [-0.2, 0) is 7.05 Å². The molecule has 0 saturated heterocycles. The Morgan fingerprint density at radius 2 is 2.12 bits per heavy atom. The highest BCUT2D eigenvalue weighted by Crippen LogP contribution is 2.36. The minimum atomic E-state index is 0.729. The Morgan fingerprint density at radius 1 is 1.20 bits per heavy atom. The highest BCUT2D eigenvalue weighted by molar-refractivity contribution is 5.98. The van der Waals surface area contributed by atoms with Gasteiger partial charge in [0.2, 0.25) is 0 Å². The number of fused-ring (bicyclic) bond motifs is 1. The number of nitrogens with zero attached hydrogens (tertiary/aromatic N) is 4. The first-order valence-electron chi connectivity index (χ1n) is 7.80. The van der Waals surface area contributed by atoms with Gasteiger partial charge in [-0.2, -0.15) is 14.9 Å². The van der Waals surface area contributed by atoms with Crippen LogP contribution in [0.4, 0.5) is 0 Å². The molecule has 3 aromatic heterocycles. The third-order valence-corrected chi connectivity index (χ3v) is 3.93. The number of aromatic nitrogens is 6. The fraction of sp³-hybridized carbons (Fsp3) is 0.111. The van der Waals surface area contributed by atoms with E-state index in [1.807, 2.05) is 43.5 Å². The molecule has 7 nitrogen and oxygen atoms in total. The van der Waals surface area contributed by atoms with Gasteiger partial charge in [-0.15, -0.1) is 0 Å². The molecule has 124 valence electrons. The smallest absolute Gasteiger partial charge is 0.307 e. The number of nitrogens with one attached hydrogen (secondary N) is 2. The minimum absolute atomic E-state index is 0.729. The molecule has 0 spiro atoms. The van der Waals surface area contributed by atoms with Crippen LogP contribution in [0, 0.1) is 0 Å². The maximum absolute atomic E-state index is 5.70. The Bertz CT molecular complexity index is 1050. The lowest BCUT2D eigenvalue weighted by Crippen LogP contribution is -2.28. The number of methoxy groups -OCH3 is 1. The van der Waals surface area contributed by atoms with E-state index in [1.54, 1.807) is 30.5 Å². The van der Waals surface area contributed by atoms with E-state index in [4.69, 9.17) is 4.74 Å². The summed E-state index contributed by atoms with van der Waals surface area (Å²) in [6, 6.07) is 7.83. The molecule has 0 atom stereocenters. The maximum atomic E-state index is 5.70. The second-order valence-corrected chi connectivity index (χ2v) is 5.61. The van der Waals surface area contributed by atoms with Crippen LogP contribution in [-0.4, -0.2) is 32.4 Å². The summed E-state index contributed by atoms with van der Waals surface area (Å²) in [7, 11) is 3.55. The number of hydrogen-bond acceptors (Lipinski definition) is 4. The average Bonchev–Trinajstić information content (AvgIpc) is 3.26. The van der Waals surface area contributed by atoms with Crippen molar-refractivity contribution in [1.29, 1.82) is 0 Å². The Labute approximate surface area is 144 Å². The summed E-state index contributed by atoms with van der Waals surface area (Å²) in [4.78, 5) is 8.50. The molecule has 1 aromatic carbocycles. The summed E-state index contributed by atoms with van der Waals surface area (Å²) in [5.74, 6) is 1.47. The Morgan fingerprint density at radius 3 is 2.84 bits per heavy atom. The van der Waals surface area contributed by atoms with Gasteiger partial charge in [0.25, 0.3) is 5.82 Å². The molecule has 0 amide bonds. The first-order chi connectivity index (χ1) is 12.3. The third-order valence-electron chi connectivity index (χ3n) is 3.93. The predicted molar refractivity (Wildman–Crippen MR) is 94.6 cm³/mol. The molecule has 0 aliphatic heterocycles. The van der Waals surface area contributed by atoms with Gasteiger partial charge in [-0.05, 0) is 34.8 Å². The van der Waals surface area contributed by atoms with Crippen LogP contribution < -0.4 is 9.42 Å². The van der Waals surface area contributed by atoms with Gasteiger partial charge < -0.3 is 4.74 Å². The third kappa shape index (κ3) is 2.76. The van der Waals surface area contributed by atoms with Crippen LogP contribution in [0.1, 0.15) is 11.3 Å². The van der Waals surface area contributed by atoms with Crippen LogP contribution in [0.15, 0.2) is 43.0 Å². The monoisotopic (exact) mass is 333 g/mol. The molecule has 2 N–H and O–H groups in total. The Kier molecular flexibility index (Phi) is 3.74. The predicted octanol–water partition coefficient (Wildman–Crippen LogP) is 2.35. The normalized spacial score (nSPS) is 11.4. The molecule has 4 rings (SSSR count). The average molecular weight is 333 g/mol. The lowest BCUT2D eigenvalue weighted by atomic mass is 10.1. The van der Waals surface area contributed by atoms with Crippen molar-refractivity contribution in [3.05, 3.63) is 54.2 Å². The second kappa shape index (κ2) is 6.20. The molecule has 7 heteroatoms. The van der Waals surface area contributed by atoms with Gasteiger partial charge >= 0.3 is 6.33 Å². The molecule has 25 heavy (non-hydrogen) atoms. The largest absolute Gasteiger partial charge is 0.495 e. The number of H-pyrrole nitrogens is 2. The van der Waals surface area contributed by atoms with E-state index in [0.717, 1.165) is 39.3 Å². The summed E-state index contributed by atoms with van der Waals surface area (Å²) in [5, 5.41) is 11.5. The van der Waals surface area contributed by atoms with E-state index in [2.05, 4.69) is 25.3 Å². The van der Waals surface area contributed by atoms with Gasteiger partial charge in [0.1, 0.15) is 12.8 Å². The zero-order valence-corrected chi connectivity index (χ0v) is 13.9. The molecule has 0 saturated carbocycles. The SMILES string of the molecule is COc1c(-c2nc[n+](C)[nH]2)ccc2[nH]nc(C=Cc3cccnc3)c12. The fourth-order valence-corrected chi connectivity index (χ4v) is 2.77. The minimum Gasteiger partial charge on any atom is -0.495 e. The van der Waals surface area contributed by atoms with E-state index in [-0.39, 0.29) is 0 Å². The summed E-state index contributed by atoms with van der Waals surface area (Å²) in [6.07, 6.45) is 9.19. The van der Waals surface area contributed by atoms with Crippen molar-refractivity contribution in [2.45, 2.75) is 0 Å². The topological polar surface area (TPSA) is 83.4 Å². The van der Waals surface area contributed by atoms with Crippen LogP contribution in [0.5, 0.6) is 5.75 Å². The molecule has 0 radical (unpaired) electrons. The highest BCUT2D eigenvalue weighted by Gasteiger charge is 2.20. The first-order valence-corrected chi connectivity index (χ1v) is 7.80. The van der Waals surface area contributed by atoms with E-state index in [9.17, 15) is 0 Å². The van der Waals surface area contributed by atoms with Gasteiger partial charge in [-0.25, -0.2) is 0 Å². The molecule has 0 unspecified atom stereocenters. The molecule has 0 fully saturated rings. The number of hydrogen-bond donors (Lipinski definition) is 2. The van der Waals surface area contributed by atoms with Gasteiger partial charge in [0.15, 0.2) is 0 Å². The van der Waals surface area contributed by atoms with Crippen LogP contribution in [0.25, 0.3) is 34.4 Å². The van der Waals surface area contributed by atoms with Crippen molar-refractivity contribution in [3.63, 3.8) is 0 Å². The Hall–Kier alpha value is -3.48. The zero-order chi connectivity index (χ0) is 17.2. The molecule has 0 aliphatic rings. The quantitative estimate of drug-likeness (QED) is 0.562. The van der Waals surface area contributed by atoms with Crippen LogP contribution >= 0.6 is 0 Å². The number of benzene rings is 1. The van der Waals surface area contributed by atoms with Crippen molar-refractivity contribution in [1.82, 2.24) is 25.3 Å². The van der Waals surface area contributed by atoms with Gasteiger partial charge in [0.05, 0.1) is 29.3 Å². The summed E-state index contributed by atoms with van der Waals surface area (Å²) < 4.78 is 7.49. The van der Waals surface area contributed by atoms with E-state index in [1.165, 1.54) is 0 Å². The molecular formula is C18H17N6O+. The molecular weight excluding hydrogens is 316 g/mol. The summed E-state index contributed by atoms with van der Waals surface area (Å²) in [5.41, 5.74) is 3.59. The molecule has 0 aliphatic carbocycles. The van der Waals surface area contributed by atoms with E-state index >= 15 is 0 Å². The lowest BCUT2D eigenvalue weighted by Gasteiger charge is -2.06. The fourth-order valence-electron chi connectivity index (χ4n) is 2.77. The molecule has 4 aromatic rings. The molecule has 0 bridgehead atoms. The van der Waals surface area contributed by atoms with Crippen LogP contribution in [0.2, 0.25) is 0 Å². The number of pyridine rings is 1. The lowest BCUT2D eigenvalue weighted by molar-refractivity contribution is -0.727.